The van der Waals surface area contributed by atoms with Gasteiger partial charge >= 0.3 is 0 Å². The third-order valence-electron chi connectivity index (χ3n) is 4.81. The van der Waals surface area contributed by atoms with E-state index in [1.807, 2.05) is 32.3 Å². The highest BCUT2D eigenvalue weighted by Crippen LogP contribution is 2.42. The van der Waals surface area contributed by atoms with Crippen molar-refractivity contribution in [1.82, 2.24) is 0 Å². The van der Waals surface area contributed by atoms with Crippen LogP contribution in [0.4, 0.5) is 5.69 Å². The van der Waals surface area contributed by atoms with Crippen LogP contribution in [0.5, 0.6) is 5.75 Å². The summed E-state index contributed by atoms with van der Waals surface area (Å²) in [4.78, 5) is 4.57. The van der Waals surface area contributed by atoms with Gasteiger partial charge in [0.25, 0.3) is 0 Å². The predicted octanol–water partition coefficient (Wildman–Crippen LogP) is 6.32. The summed E-state index contributed by atoms with van der Waals surface area (Å²) in [7, 11) is 5.92. The van der Waals surface area contributed by atoms with Crippen LogP contribution >= 0.6 is 21.6 Å². The van der Waals surface area contributed by atoms with Gasteiger partial charge in [-0.1, -0.05) is 54.5 Å². The summed E-state index contributed by atoms with van der Waals surface area (Å²) in [6.45, 7) is 12.7. The minimum atomic E-state index is -1.70. The van der Waals surface area contributed by atoms with E-state index in [-0.39, 0.29) is 5.04 Å². The molecular formula is C20H31NO2S2Si. The summed E-state index contributed by atoms with van der Waals surface area (Å²) < 4.78 is 12.3. The van der Waals surface area contributed by atoms with E-state index in [1.54, 1.807) is 21.6 Å². The van der Waals surface area contributed by atoms with E-state index in [2.05, 4.69) is 57.0 Å². The van der Waals surface area contributed by atoms with Crippen molar-refractivity contribution in [1.29, 1.82) is 0 Å². The summed E-state index contributed by atoms with van der Waals surface area (Å²) in [5, 5.41) is 0.245. The Hall–Kier alpha value is -0.823. The number of benzene rings is 1. The van der Waals surface area contributed by atoms with Crippen molar-refractivity contribution >= 4 is 35.6 Å². The van der Waals surface area contributed by atoms with E-state index < -0.39 is 8.32 Å². The number of rotatable bonds is 7. The van der Waals surface area contributed by atoms with Crippen LogP contribution in [0.2, 0.25) is 18.1 Å². The number of anilines is 1. The SMILES string of the molecule is CN(C)c1ccccc1OCC1=CC=C(CO[Si](C)(C)C(C)(C)C)SS1. The highest BCUT2D eigenvalue weighted by Gasteiger charge is 2.37. The zero-order valence-corrected chi connectivity index (χ0v) is 19.6. The van der Waals surface area contributed by atoms with Gasteiger partial charge in [-0.05, 0) is 42.4 Å². The molecule has 0 aliphatic carbocycles. The highest BCUT2D eigenvalue weighted by atomic mass is 33.1. The van der Waals surface area contributed by atoms with E-state index >= 15 is 0 Å². The Morgan fingerprint density at radius 2 is 1.54 bits per heavy atom. The Morgan fingerprint density at radius 3 is 2.08 bits per heavy atom. The van der Waals surface area contributed by atoms with Crippen molar-refractivity contribution < 1.29 is 9.16 Å². The fraction of sp³-hybridized carbons (Fsp3) is 0.500. The molecule has 1 heterocycles. The molecule has 3 nitrogen and oxygen atoms in total. The van der Waals surface area contributed by atoms with Gasteiger partial charge in [-0.2, -0.15) is 0 Å². The van der Waals surface area contributed by atoms with Gasteiger partial charge in [-0.15, -0.1) is 0 Å². The summed E-state index contributed by atoms with van der Waals surface area (Å²) in [6, 6.07) is 8.13. The van der Waals surface area contributed by atoms with Gasteiger partial charge in [0.1, 0.15) is 12.4 Å². The zero-order chi connectivity index (χ0) is 19.4. The Labute approximate surface area is 167 Å². The second-order valence-corrected chi connectivity index (χ2v) is 15.3. The molecule has 0 bridgehead atoms. The van der Waals surface area contributed by atoms with E-state index in [1.165, 1.54) is 9.81 Å². The van der Waals surface area contributed by atoms with E-state index in [9.17, 15) is 0 Å². The van der Waals surface area contributed by atoms with E-state index in [0.717, 1.165) is 11.4 Å². The number of nitrogens with zero attached hydrogens (tertiary/aromatic N) is 1. The highest BCUT2D eigenvalue weighted by molar-refractivity contribution is 8.79. The molecule has 0 N–H and O–H groups in total. The Morgan fingerprint density at radius 1 is 0.962 bits per heavy atom. The van der Waals surface area contributed by atoms with Gasteiger partial charge in [0, 0.05) is 23.9 Å². The van der Waals surface area contributed by atoms with Crippen molar-refractivity contribution in [3.63, 3.8) is 0 Å². The molecule has 2 rings (SSSR count). The molecule has 1 aromatic carbocycles. The first-order valence-electron chi connectivity index (χ1n) is 8.87. The van der Waals surface area contributed by atoms with Crippen molar-refractivity contribution in [3.05, 3.63) is 46.2 Å². The fourth-order valence-electron chi connectivity index (χ4n) is 2.06. The minimum absolute atomic E-state index is 0.245. The maximum atomic E-state index is 6.31. The first kappa shape index (κ1) is 21.5. The quantitative estimate of drug-likeness (QED) is 0.387. The second-order valence-electron chi connectivity index (χ2n) is 8.13. The number of para-hydroxylation sites is 2. The van der Waals surface area contributed by atoms with Crippen LogP contribution in [0.25, 0.3) is 0 Å². The molecule has 0 saturated heterocycles. The first-order valence-corrected chi connectivity index (χ1v) is 13.9. The molecule has 0 amide bonds. The molecule has 0 fully saturated rings. The maximum absolute atomic E-state index is 6.31. The van der Waals surface area contributed by atoms with Gasteiger partial charge in [0.05, 0.1) is 12.3 Å². The van der Waals surface area contributed by atoms with Crippen LogP contribution in [0.3, 0.4) is 0 Å². The third kappa shape index (κ3) is 5.84. The maximum Gasteiger partial charge on any atom is 0.192 e. The third-order valence-corrected chi connectivity index (χ3v) is 11.8. The average Bonchev–Trinajstić information content (AvgIpc) is 2.58. The molecule has 0 aromatic heterocycles. The van der Waals surface area contributed by atoms with Crippen molar-refractivity contribution in [2.75, 3.05) is 32.2 Å². The lowest BCUT2D eigenvalue weighted by molar-refractivity contribution is 0.325. The molecule has 1 aliphatic heterocycles. The lowest BCUT2D eigenvalue weighted by Gasteiger charge is -2.36. The molecular weight excluding hydrogens is 378 g/mol. The largest absolute Gasteiger partial charge is 0.486 e. The molecule has 1 aromatic rings. The molecule has 0 unspecified atom stereocenters. The second kappa shape index (κ2) is 8.91. The van der Waals surface area contributed by atoms with Crippen LogP contribution in [0.15, 0.2) is 46.2 Å². The monoisotopic (exact) mass is 409 g/mol. The summed E-state index contributed by atoms with van der Waals surface area (Å²) >= 11 is 0. The summed E-state index contributed by atoms with van der Waals surface area (Å²) in [6.07, 6.45) is 4.33. The Balaban J connectivity index is 1.91. The number of hydrogen-bond donors (Lipinski definition) is 0. The van der Waals surface area contributed by atoms with Crippen LogP contribution < -0.4 is 9.64 Å². The van der Waals surface area contributed by atoms with Gasteiger partial charge in [0.2, 0.25) is 0 Å². The zero-order valence-electron chi connectivity index (χ0n) is 17.0. The standard InChI is InChI=1S/C20H31NO2S2Si/c1-20(2,3)26(6,7)23-15-17-13-12-16(24-25-17)14-22-19-11-9-8-10-18(19)21(4)5/h8-13H,14-15H2,1-7H3. The van der Waals surface area contributed by atoms with Crippen molar-refractivity contribution in [2.24, 2.45) is 0 Å². The minimum Gasteiger partial charge on any atom is -0.486 e. The van der Waals surface area contributed by atoms with Crippen LogP contribution in [-0.2, 0) is 4.43 Å². The summed E-state index contributed by atoms with van der Waals surface area (Å²) in [5.74, 6) is 0.917. The van der Waals surface area contributed by atoms with E-state index in [0.29, 0.717) is 13.2 Å². The summed E-state index contributed by atoms with van der Waals surface area (Å²) in [5.41, 5.74) is 1.10. The average molecular weight is 410 g/mol. The normalized spacial score (nSPS) is 15.3. The van der Waals surface area contributed by atoms with Crippen molar-refractivity contribution in [3.8, 4) is 5.75 Å². The van der Waals surface area contributed by atoms with Gasteiger partial charge in [-0.3, -0.25) is 0 Å². The molecule has 26 heavy (non-hydrogen) atoms. The molecule has 144 valence electrons. The predicted molar refractivity (Wildman–Crippen MR) is 121 cm³/mol. The number of hydrogen-bond acceptors (Lipinski definition) is 5. The van der Waals surface area contributed by atoms with Crippen LogP contribution in [0.1, 0.15) is 20.8 Å². The smallest absolute Gasteiger partial charge is 0.192 e. The Kier molecular flexibility index (Phi) is 7.36. The number of allylic oxidation sites excluding steroid dienone is 2. The van der Waals surface area contributed by atoms with Gasteiger partial charge in [-0.25, -0.2) is 0 Å². The van der Waals surface area contributed by atoms with Gasteiger partial charge in [0.15, 0.2) is 8.32 Å². The number of ether oxygens (including phenoxy) is 1. The molecule has 0 saturated carbocycles. The fourth-order valence-corrected chi connectivity index (χ4v) is 5.05. The Bertz CT molecular complexity index is 679. The molecule has 1 aliphatic rings. The van der Waals surface area contributed by atoms with E-state index in [4.69, 9.17) is 9.16 Å². The molecule has 0 atom stereocenters. The lowest BCUT2D eigenvalue weighted by Crippen LogP contribution is -2.41. The van der Waals surface area contributed by atoms with Crippen LogP contribution in [-0.4, -0.2) is 35.6 Å². The lowest BCUT2D eigenvalue weighted by atomic mass is 10.2. The van der Waals surface area contributed by atoms with Crippen LogP contribution in [0, 0.1) is 0 Å². The first-order chi connectivity index (χ1) is 12.1. The molecule has 6 heteroatoms. The van der Waals surface area contributed by atoms with Crippen molar-refractivity contribution in [2.45, 2.75) is 38.9 Å². The topological polar surface area (TPSA) is 21.7 Å². The molecule has 0 spiro atoms. The van der Waals surface area contributed by atoms with Gasteiger partial charge < -0.3 is 14.1 Å². The molecule has 0 radical (unpaired) electrons.